The van der Waals surface area contributed by atoms with E-state index in [1.807, 2.05) is 45.0 Å². The molecule has 0 aliphatic carbocycles. The highest BCUT2D eigenvalue weighted by Gasteiger charge is 2.27. The number of rotatable bonds is 3. The van der Waals surface area contributed by atoms with Crippen molar-refractivity contribution >= 4 is 27.3 Å². The first-order valence-corrected chi connectivity index (χ1v) is 7.00. The maximum absolute atomic E-state index is 12.2. The predicted molar refractivity (Wildman–Crippen MR) is 77.1 cm³/mol. The zero-order chi connectivity index (χ0) is 14.0. The molecule has 1 aromatic carbocycles. The van der Waals surface area contributed by atoms with Crippen LogP contribution in [0.4, 0.5) is 0 Å². The van der Waals surface area contributed by atoms with E-state index >= 15 is 0 Å². The van der Waals surface area contributed by atoms with Gasteiger partial charge in [0, 0.05) is 6.42 Å². The normalized spacial score (nSPS) is 13.2. The topological polar surface area (TPSA) is 53.8 Å². The lowest BCUT2D eigenvalue weighted by molar-refractivity contribution is -0.121. The molecular weight excluding hydrogens is 256 g/mol. The minimum atomic E-state index is -0.739. The van der Waals surface area contributed by atoms with Crippen molar-refractivity contribution in [3.05, 3.63) is 29.3 Å². The van der Waals surface area contributed by atoms with Gasteiger partial charge in [-0.05, 0) is 17.5 Å². The van der Waals surface area contributed by atoms with Gasteiger partial charge in [0.2, 0.25) is 0 Å². The summed E-state index contributed by atoms with van der Waals surface area (Å²) in [6.45, 7) is 5.99. The molecule has 2 aromatic rings. The molecule has 98 valence electrons. The van der Waals surface area contributed by atoms with Crippen LogP contribution in [0.3, 0.4) is 0 Å². The summed E-state index contributed by atoms with van der Waals surface area (Å²) in [5, 5.41) is 9.88. The van der Waals surface area contributed by atoms with E-state index in [-0.39, 0.29) is 11.2 Å². The third kappa shape index (κ3) is 3.18. The molecule has 2 rings (SSSR count). The molecule has 3 nitrogen and oxygen atoms in total. The number of carbonyl (C=O) groups is 1. The Morgan fingerprint density at radius 2 is 2.11 bits per heavy atom. The molecular formula is C15H16N2OS. The van der Waals surface area contributed by atoms with Crippen molar-refractivity contribution in [3.8, 4) is 6.07 Å². The van der Waals surface area contributed by atoms with Crippen molar-refractivity contribution < 1.29 is 4.79 Å². The molecule has 0 radical (unpaired) electrons. The maximum atomic E-state index is 12.2. The molecule has 0 spiro atoms. The summed E-state index contributed by atoms with van der Waals surface area (Å²) < 4.78 is 1.02. The molecule has 1 heterocycles. The van der Waals surface area contributed by atoms with Crippen molar-refractivity contribution in [1.29, 1.82) is 5.26 Å². The fraction of sp³-hybridized carbons (Fsp3) is 0.400. The summed E-state index contributed by atoms with van der Waals surface area (Å²) >= 11 is 1.43. The fourth-order valence-corrected chi connectivity index (χ4v) is 2.94. The number of aromatic nitrogens is 1. The molecule has 0 N–H and O–H groups in total. The zero-order valence-electron chi connectivity index (χ0n) is 11.3. The standard InChI is InChI=1S/C15H16N2OS/c1-15(2,3)8-12(18)10(9-16)14-17-11-6-4-5-7-13(11)19-14/h4-7,10H,8H2,1-3H3. The summed E-state index contributed by atoms with van der Waals surface area (Å²) in [4.78, 5) is 16.6. The van der Waals surface area contributed by atoms with Gasteiger partial charge in [0.25, 0.3) is 0 Å². The number of hydrogen-bond acceptors (Lipinski definition) is 4. The number of nitriles is 1. The number of nitrogens with zero attached hydrogens (tertiary/aromatic N) is 2. The van der Waals surface area contributed by atoms with Crippen LogP contribution in [0.2, 0.25) is 0 Å². The average molecular weight is 272 g/mol. The molecule has 0 amide bonds. The van der Waals surface area contributed by atoms with Crippen molar-refractivity contribution in [2.24, 2.45) is 5.41 Å². The summed E-state index contributed by atoms with van der Waals surface area (Å²) in [6.07, 6.45) is 0.390. The van der Waals surface area contributed by atoms with Gasteiger partial charge in [-0.25, -0.2) is 4.98 Å². The van der Waals surface area contributed by atoms with Gasteiger partial charge in [-0.2, -0.15) is 5.26 Å². The van der Waals surface area contributed by atoms with E-state index in [1.54, 1.807) is 0 Å². The van der Waals surface area contributed by atoms with E-state index in [1.165, 1.54) is 11.3 Å². The number of ketones is 1. The first-order valence-electron chi connectivity index (χ1n) is 6.18. The van der Waals surface area contributed by atoms with Gasteiger partial charge in [0.1, 0.15) is 5.01 Å². The van der Waals surface area contributed by atoms with Crippen LogP contribution in [-0.2, 0) is 4.79 Å². The van der Waals surface area contributed by atoms with Crippen molar-refractivity contribution in [1.82, 2.24) is 4.98 Å². The number of carbonyl (C=O) groups excluding carboxylic acids is 1. The number of benzene rings is 1. The van der Waals surface area contributed by atoms with Gasteiger partial charge in [-0.3, -0.25) is 4.79 Å². The Labute approximate surface area is 116 Å². The van der Waals surface area contributed by atoms with Crippen LogP contribution in [0.5, 0.6) is 0 Å². The molecule has 0 saturated carbocycles. The van der Waals surface area contributed by atoms with Gasteiger partial charge < -0.3 is 0 Å². The lowest BCUT2D eigenvalue weighted by Gasteiger charge is -2.17. The van der Waals surface area contributed by atoms with E-state index in [4.69, 9.17) is 0 Å². The van der Waals surface area contributed by atoms with Gasteiger partial charge in [-0.15, -0.1) is 11.3 Å². The monoisotopic (exact) mass is 272 g/mol. The Hall–Kier alpha value is -1.73. The van der Waals surface area contributed by atoms with Crippen LogP contribution in [0.25, 0.3) is 10.2 Å². The number of hydrogen-bond donors (Lipinski definition) is 0. The minimum absolute atomic E-state index is 0.0472. The summed E-state index contributed by atoms with van der Waals surface area (Å²) in [5.74, 6) is -0.786. The summed E-state index contributed by atoms with van der Waals surface area (Å²) in [6, 6.07) is 9.80. The zero-order valence-corrected chi connectivity index (χ0v) is 12.1. The number of thiazole rings is 1. The van der Waals surface area contributed by atoms with Crippen LogP contribution in [-0.4, -0.2) is 10.8 Å². The summed E-state index contributed by atoms with van der Waals surface area (Å²) in [7, 11) is 0. The lowest BCUT2D eigenvalue weighted by Crippen LogP contribution is -2.18. The first kappa shape index (κ1) is 13.7. The van der Waals surface area contributed by atoms with Gasteiger partial charge in [-0.1, -0.05) is 32.9 Å². The highest BCUT2D eigenvalue weighted by Crippen LogP contribution is 2.30. The van der Waals surface area contributed by atoms with E-state index in [2.05, 4.69) is 11.1 Å². The Morgan fingerprint density at radius 1 is 1.42 bits per heavy atom. The van der Waals surface area contributed by atoms with Crippen molar-refractivity contribution in [2.45, 2.75) is 33.1 Å². The lowest BCUT2D eigenvalue weighted by atomic mass is 9.86. The smallest absolute Gasteiger partial charge is 0.157 e. The molecule has 19 heavy (non-hydrogen) atoms. The van der Waals surface area contributed by atoms with E-state index in [0.717, 1.165) is 10.2 Å². The van der Waals surface area contributed by atoms with Gasteiger partial charge in [0.05, 0.1) is 16.3 Å². The van der Waals surface area contributed by atoms with Gasteiger partial charge in [0.15, 0.2) is 11.7 Å². The van der Waals surface area contributed by atoms with E-state index in [9.17, 15) is 10.1 Å². The highest BCUT2D eigenvalue weighted by molar-refractivity contribution is 7.18. The van der Waals surface area contributed by atoms with Crippen molar-refractivity contribution in [3.63, 3.8) is 0 Å². The molecule has 0 aliphatic heterocycles. The number of Topliss-reactive ketones (excluding diaryl/α,β-unsaturated/α-hetero) is 1. The molecule has 0 saturated heterocycles. The molecule has 0 aliphatic rings. The van der Waals surface area contributed by atoms with Crippen LogP contribution >= 0.6 is 11.3 Å². The third-order valence-corrected chi connectivity index (χ3v) is 3.81. The minimum Gasteiger partial charge on any atom is -0.298 e. The van der Waals surface area contributed by atoms with Crippen molar-refractivity contribution in [2.75, 3.05) is 0 Å². The molecule has 1 aromatic heterocycles. The van der Waals surface area contributed by atoms with E-state index in [0.29, 0.717) is 11.4 Å². The van der Waals surface area contributed by atoms with Crippen LogP contribution in [0.15, 0.2) is 24.3 Å². The highest BCUT2D eigenvalue weighted by atomic mass is 32.1. The molecule has 4 heteroatoms. The Balaban J connectivity index is 2.32. The number of fused-ring (bicyclic) bond motifs is 1. The average Bonchev–Trinajstić information content (AvgIpc) is 2.70. The fourth-order valence-electron chi connectivity index (χ4n) is 1.90. The van der Waals surface area contributed by atoms with Crippen LogP contribution < -0.4 is 0 Å². The second-order valence-corrected chi connectivity index (χ2v) is 6.85. The van der Waals surface area contributed by atoms with Crippen LogP contribution in [0, 0.1) is 16.7 Å². The van der Waals surface area contributed by atoms with Gasteiger partial charge >= 0.3 is 0 Å². The SMILES string of the molecule is CC(C)(C)CC(=O)C(C#N)c1nc2ccccc2s1. The Bertz CT molecular complexity index is 613. The third-order valence-electron chi connectivity index (χ3n) is 2.71. The second kappa shape index (κ2) is 5.10. The molecule has 0 fully saturated rings. The second-order valence-electron chi connectivity index (χ2n) is 5.79. The largest absolute Gasteiger partial charge is 0.298 e. The molecule has 1 atom stereocenters. The van der Waals surface area contributed by atoms with E-state index < -0.39 is 5.92 Å². The summed E-state index contributed by atoms with van der Waals surface area (Å²) in [5.41, 5.74) is 0.745. The van der Waals surface area contributed by atoms with Crippen LogP contribution in [0.1, 0.15) is 38.1 Å². The Kier molecular flexibility index (Phi) is 3.68. The quantitative estimate of drug-likeness (QED) is 0.851. The maximum Gasteiger partial charge on any atom is 0.157 e. The predicted octanol–water partition coefficient (Wildman–Crippen LogP) is 3.91. The number of para-hydroxylation sites is 1. The molecule has 0 bridgehead atoms. The Morgan fingerprint density at radius 3 is 2.68 bits per heavy atom. The first-order chi connectivity index (χ1) is 8.90. The molecule has 1 unspecified atom stereocenters.